The number of aryl methyl sites for hydroxylation is 1. The first-order chi connectivity index (χ1) is 12.2. The van der Waals surface area contributed by atoms with Crippen molar-refractivity contribution in [2.75, 3.05) is 20.2 Å². The monoisotopic (exact) mass is 360 g/mol. The maximum Gasteiger partial charge on any atom is 0.191 e. The summed E-state index contributed by atoms with van der Waals surface area (Å²) in [6.07, 6.45) is 5.08. The van der Waals surface area contributed by atoms with E-state index in [0.717, 1.165) is 49.1 Å². The predicted octanol–water partition coefficient (Wildman–Crippen LogP) is 3.54. The second kappa shape index (κ2) is 10.7. The number of unbranched alkanes of at least 4 members (excludes halogenated alkanes) is 1. The summed E-state index contributed by atoms with van der Waals surface area (Å²) in [5.41, 5.74) is 1.28. The van der Waals surface area contributed by atoms with Crippen molar-refractivity contribution in [3.63, 3.8) is 0 Å². The average Bonchev–Trinajstić information content (AvgIpc) is 3.05. The second-order valence-corrected chi connectivity index (χ2v) is 7.13. The van der Waals surface area contributed by atoms with Crippen molar-refractivity contribution in [1.82, 2.24) is 15.6 Å². The third-order valence-electron chi connectivity index (χ3n) is 3.70. The first-order valence-electron chi connectivity index (χ1n) is 8.79. The third-order valence-corrected chi connectivity index (χ3v) is 4.61. The number of aliphatic imine (C=N–C) groups is 1. The van der Waals surface area contributed by atoms with Gasteiger partial charge in [0, 0.05) is 24.7 Å². The van der Waals surface area contributed by atoms with Gasteiger partial charge in [0.2, 0.25) is 0 Å². The molecule has 0 saturated carbocycles. The highest BCUT2D eigenvalue weighted by atomic mass is 32.1. The summed E-state index contributed by atoms with van der Waals surface area (Å²) >= 11 is 1.70. The lowest BCUT2D eigenvalue weighted by Crippen LogP contribution is -2.37. The molecule has 2 aromatic rings. The van der Waals surface area contributed by atoms with Gasteiger partial charge >= 0.3 is 0 Å². The minimum Gasteiger partial charge on any atom is -0.494 e. The molecule has 0 atom stereocenters. The van der Waals surface area contributed by atoms with Crippen LogP contribution in [0.4, 0.5) is 0 Å². The van der Waals surface area contributed by atoms with E-state index in [2.05, 4.69) is 46.6 Å². The Morgan fingerprint density at radius 2 is 2.04 bits per heavy atom. The van der Waals surface area contributed by atoms with E-state index in [-0.39, 0.29) is 0 Å². The van der Waals surface area contributed by atoms with Crippen LogP contribution in [-0.2, 0) is 13.0 Å². The molecule has 2 rings (SSSR count). The van der Waals surface area contributed by atoms with E-state index in [4.69, 9.17) is 4.74 Å². The molecule has 136 valence electrons. The standard InChI is InChI=1S/C19H28N4OS/c1-4-5-12-24-17-8-6-16(7-9-17)10-11-21-19(20-3)23-14-18-22-13-15(2)25-18/h6-9,13H,4-5,10-12,14H2,1-3H3,(H2,20,21,23). The highest BCUT2D eigenvalue weighted by molar-refractivity contribution is 7.11. The fourth-order valence-electron chi connectivity index (χ4n) is 2.28. The molecular formula is C19H28N4OS. The minimum absolute atomic E-state index is 0.696. The van der Waals surface area contributed by atoms with Crippen molar-refractivity contribution < 1.29 is 4.74 Å². The number of aromatic nitrogens is 1. The average molecular weight is 361 g/mol. The van der Waals surface area contributed by atoms with E-state index >= 15 is 0 Å². The molecule has 0 aliphatic heterocycles. The van der Waals surface area contributed by atoms with Crippen LogP contribution in [0.25, 0.3) is 0 Å². The molecule has 5 nitrogen and oxygen atoms in total. The zero-order chi connectivity index (χ0) is 17.9. The fraction of sp³-hybridized carbons (Fsp3) is 0.474. The summed E-state index contributed by atoms with van der Waals surface area (Å²) < 4.78 is 5.69. The molecule has 0 radical (unpaired) electrons. The number of hydrogen-bond donors (Lipinski definition) is 2. The van der Waals surface area contributed by atoms with Crippen molar-refractivity contribution in [1.29, 1.82) is 0 Å². The van der Waals surface area contributed by atoms with Crippen LogP contribution in [-0.4, -0.2) is 31.1 Å². The van der Waals surface area contributed by atoms with E-state index in [1.165, 1.54) is 10.4 Å². The van der Waals surface area contributed by atoms with Crippen LogP contribution in [0.5, 0.6) is 5.75 Å². The Balaban J connectivity index is 1.69. The quantitative estimate of drug-likeness (QED) is 0.408. The molecule has 0 aliphatic rings. The Hall–Kier alpha value is -2.08. The highest BCUT2D eigenvalue weighted by Crippen LogP contribution is 2.13. The maximum atomic E-state index is 5.69. The molecule has 6 heteroatoms. The lowest BCUT2D eigenvalue weighted by Gasteiger charge is -2.11. The van der Waals surface area contributed by atoms with E-state index in [9.17, 15) is 0 Å². The molecule has 25 heavy (non-hydrogen) atoms. The lowest BCUT2D eigenvalue weighted by atomic mass is 10.1. The van der Waals surface area contributed by atoms with Crippen molar-refractivity contribution in [3.8, 4) is 5.75 Å². The lowest BCUT2D eigenvalue weighted by molar-refractivity contribution is 0.309. The molecule has 2 N–H and O–H groups in total. The zero-order valence-electron chi connectivity index (χ0n) is 15.3. The summed E-state index contributed by atoms with van der Waals surface area (Å²) in [6.45, 7) is 6.54. The molecule has 0 spiro atoms. The summed E-state index contributed by atoms with van der Waals surface area (Å²) in [6, 6.07) is 8.33. The molecule has 1 aromatic heterocycles. The molecule has 0 saturated heterocycles. The SMILES string of the molecule is CCCCOc1ccc(CCNC(=NC)NCc2ncc(C)s2)cc1. The van der Waals surface area contributed by atoms with Gasteiger partial charge in [0.05, 0.1) is 13.2 Å². The molecule has 0 bridgehead atoms. The second-order valence-electron chi connectivity index (χ2n) is 5.81. The largest absolute Gasteiger partial charge is 0.494 e. The van der Waals surface area contributed by atoms with Crippen molar-refractivity contribution in [2.45, 2.75) is 39.7 Å². The predicted molar refractivity (Wildman–Crippen MR) is 106 cm³/mol. The van der Waals surface area contributed by atoms with Crippen LogP contribution in [0.15, 0.2) is 35.5 Å². The number of nitrogens with one attached hydrogen (secondary N) is 2. The van der Waals surface area contributed by atoms with Crippen LogP contribution in [0, 0.1) is 6.92 Å². The zero-order valence-corrected chi connectivity index (χ0v) is 16.2. The van der Waals surface area contributed by atoms with Gasteiger partial charge < -0.3 is 15.4 Å². The Kier molecular flexibility index (Phi) is 8.25. The highest BCUT2D eigenvalue weighted by Gasteiger charge is 2.02. The van der Waals surface area contributed by atoms with Crippen molar-refractivity contribution in [3.05, 3.63) is 45.9 Å². The smallest absolute Gasteiger partial charge is 0.191 e. The topological polar surface area (TPSA) is 58.5 Å². The van der Waals surface area contributed by atoms with Crippen LogP contribution < -0.4 is 15.4 Å². The first-order valence-corrected chi connectivity index (χ1v) is 9.60. The third kappa shape index (κ3) is 7.13. The van der Waals surface area contributed by atoms with Crippen LogP contribution in [0.2, 0.25) is 0 Å². The molecule has 0 fully saturated rings. The van der Waals surface area contributed by atoms with Crippen LogP contribution >= 0.6 is 11.3 Å². The minimum atomic E-state index is 0.696. The number of rotatable bonds is 9. The number of nitrogens with zero attached hydrogens (tertiary/aromatic N) is 2. The fourth-order valence-corrected chi connectivity index (χ4v) is 3.00. The van der Waals surface area contributed by atoms with Crippen LogP contribution in [0.3, 0.4) is 0 Å². The number of hydrogen-bond acceptors (Lipinski definition) is 4. The molecule has 0 unspecified atom stereocenters. The molecule has 1 heterocycles. The van der Waals surface area contributed by atoms with Crippen molar-refractivity contribution in [2.24, 2.45) is 4.99 Å². The Morgan fingerprint density at radius 3 is 2.68 bits per heavy atom. The van der Waals surface area contributed by atoms with Crippen molar-refractivity contribution >= 4 is 17.3 Å². The van der Waals surface area contributed by atoms with Gasteiger partial charge in [-0.2, -0.15) is 0 Å². The molecular weight excluding hydrogens is 332 g/mol. The van der Waals surface area contributed by atoms with E-state index in [0.29, 0.717) is 6.54 Å². The normalized spacial score (nSPS) is 11.4. The van der Waals surface area contributed by atoms with E-state index in [1.54, 1.807) is 18.4 Å². The summed E-state index contributed by atoms with van der Waals surface area (Å²) in [7, 11) is 1.78. The maximum absolute atomic E-state index is 5.69. The molecule has 0 aliphatic carbocycles. The molecule has 1 aromatic carbocycles. The number of guanidine groups is 1. The van der Waals surface area contributed by atoms with Gasteiger partial charge in [0.15, 0.2) is 5.96 Å². The van der Waals surface area contributed by atoms with Gasteiger partial charge in [-0.25, -0.2) is 4.98 Å². The van der Waals surface area contributed by atoms with Gasteiger partial charge in [-0.05, 0) is 37.5 Å². The van der Waals surface area contributed by atoms with E-state index < -0.39 is 0 Å². The van der Waals surface area contributed by atoms with Crippen LogP contribution in [0.1, 0.15) is 35.2 Å². The van der Waals surface area contributed by atoms with E-state index in [1.807, 2.05) is 18.3 Å². The first kappa shape index (κ1) is 19.2. The Morgan fingerprint density at radius 1 is 1.24 bits per heavy atom. The number of ether oxygens (including phenoxy) is 1. The summed E-state index contributed by atoms with van der Waals surface area (Å²) in [5.74, 6) is 1.74. The number of thiazole rings is 1. The van der Waals surface area contributed by atoms with Gasteiger partial charge in [-0.3, -0.25) is 4.99 Å². The van der Waals surface area contributed by atoms with Gasteiger partial charge in [-0.1, -0.05) is 25.5 Å². The summed E-state index contributed by atoms with van der Waals surface area (Å²) in [5, 5.41) is 7.69. The Bertz CT molecular complexity index is 652. The molecule has 0 amide bonds. The van der Waals surface area contributed by atoms with Gasteiger partial charge in [0.25, 0.3) is 0 Å². The van der Waals surface area contributed by atoms with Gasteiger partial charge in [-0.15, -0.1) is 11.3 Å². The Labute approximate surface area is 154 Å². The summed E-state index contributed by atoms with van der Waals surface area (Å²) in [4.78, 5) is 9.82. The number of benzene rings is 1. The van der Waals surface area contributed by atoms with Gasteiger partial charge in [0.1, 0.15) is 10.8 Å².